The molecule has 0 fully saturated rings. The van der Waals surface area contributed by atoms with E-state index in [0.717, 1.165) is 33.5 Å². The lowest BCUT2D eigenvalue weighted by molar-refractivity contribution is 0.0379. The predicted octanol–water partition coefficient (Wildman–Crippen LogP) is 5.66. The Morgan fingerprint density at radius 1 is 1.00 bits per heavy atom. The van der Waals surface area contributed by atoms with E-state index in [1.165, 1.54) is 0 Å². The molecule has 2 N–H and O–H groups in total. The maximum atomic E-state index is 13.1. The first-order valence-electron chi connectivity index (χ1n) is 11.9. The van der Waals surface area contributed by atoms with Crippen LogP contribution in [0.5, 0.6) is 5.75 Å². The second-order valence-electron chi connectivity index (χ2n) is 8.93. The number of anilines is 1. The Morgan fingerprint density at radius 2 is 1.71 bits per heavy atom. The van der Waals surface area contributed by atoms with Crippen molar-refractivity contribution in [3.63, 3.8) is 0 Å². The van der Waals surface area contributed by atoms with Crippen molar-refractivity contribution in [1.82, 2.24) is 4.57 Å². The normalized spacial score (nSPS) is 12.1. The minimum absolute atomic E-state index is 0.120. The molecule has 0 radical (unpaired) electrons. The fourth-order valence-corrected chi connectivity index (χ4v) is 4.19. The highest BCUT2D eigenvalue weighted by molar-refractivity contribution is 6.07. The lowest BCUT2D eigenvalue weighted by Gasteiger charge is -2.14. The Balaban J connectivity index is 1.62. The second-order valence-corrected chi connectivity index (χ2v) is 8.93. The van der Waals surface area contributed by atoms with Gasteiger partial charge >= 0.3 is 5.97 Å². The van der Waals surface area contributed by atoms with Gasteiger partial charge in [0, 0.05) is 29.0 Å². The van der Waals surface area contributed by atoms with Gasteiger partial charge in [-0.3, -0.25) is 0 Å². The monoisotopic (exact) mass is 472 g/mol. The van der Waals surface area contributed by atoms with Crippen molar-refractivity contribution in [1.29, 1.82) is 0 Å². The van der Waals surface area contributed by atoms with Crippen molar-refractivity contribution in [2.24, 2.45) is 0 Å². The summed E-state index contributed by atoms with van der Waals surface area (Å²) >= 11 is 0. The molecule has 0 aliphatic carbocycles. The average molecular weight is 473 g/mol. The van der Waals surface area contributed by atoms with Crippen molar-refractivity contribution < 1.29 is 19.4 Å². The third-order valence-electron chi connectivity index (χ3n) is 5.84. The minimum Gasteiger partial charge on any atom is -0.491 e. The van der Waals surface area contributed by atoms with Crippen LogP contribution in [0.4, 0.5) is 5.69 Å². The zero-order valence-corrected chi connectivity index (χ0v) is 20.6. The third kappa shape index (κ3) is 5.49. The number of aryl methyl sites for hydroxylation is 1. The Hall–Kier alpha value is -3.77. The van der Waals surface area contributed by atoms with Crippen LogP contribution in [0.25, 0.3) is 16.6 Å². The molecule has 6 heteroatoms. The second kappa shape index (κ2) is 10.7. The smallest absolute Gasteiger partial charge is 0.340 e. The van der Waals surface area contributed by atoms with Crippen molar-refractivity contribution in [3.05, 3.63) is 89.6 Å². The van der Waals surface area contributed by atoms with Gasteiger partial charge in [-0.05, 0) is 69.7 Å². The summed E-state index contributed by atoms with van der Waals surface area (Å²) in [5, 5.41) is 14.3. The quantitative estimate of drug-likeness (QED) is 0.307. The van der Waals surface area contributed by atoms with Gasteiger partial charge < -0.3 is 24.5 Å². The van der Waals surface area contributed by atoms with Gasteiger partial charge in [0.1, 0.15) is 18.5 Å². The first-order chi connectivity index (χ1) is 16.8. The van der Waals surface area contributed by atoms with Crippen LogP contribution < -0.4 is 10.1 Å². The minimum atomic E-state index is -0.699. The van der Waals surface area contributed by atoms with E-state index in [9.17, 15) is 9.90 Å². The van der Waals surface area contributed by atoms with Gasteiger partial charge in [0.25, 0.3) is 0 Å². The highest BCUT2D eigenvalue weighted by Gasteiger charge is 2.24. The maximum Gasteiger partial charge on any atom is 0.340 e. The first-order valence-corrected chi connectivity index (χ1v) is 11.9. The molecule has 0 aliphatic rings. The van der Waals surface area contributed by atoms with Gasteiger partial charge in [-0.1, -0.05) is 36.4 Å². The number of aliphatic hydroxyl groups excluding tert-OH is 1. The Kier molecular flexibility index (Phi) is 7.42. The van der Waals surface area contributed by atoms with E-state index in [1.54, 1.807) is 0 Å². The van der Waals surface area contributed by atoms with E-state index in [0.29, 0.717) is 17.9 Å². The fraction of sp³-hybridized carbons (Fsp3) is 0.276. The number of aromatic nitrogens is 1. The number of fused-ring (bicyclic) bond motifs is 1. The van der Waals surface area contributed by atoms with Crippen LogP contribution in [-0.2, 0) is 4.74 Å². The molecule has 182 valence electrons. The summed E-state index contributed by atoms with van der Waals surface area (Å²) in [6, 6.07) is 23.5. The highest BCUT2D eigenvalue weighted by Crippen LogP contribution is 2.33. The molecule has 0 saturated carbocycles. The van der Waals surface area contributed by atoms with E-state index in [2.05, 4.69) is 22.9 Å². The van der Waals surface area contributed by atoms with Gasteiger partial charge in [-0.25, -0.2) is 4.79 Å². The number of carbonyl (C=O) groups is 1. The SMILES string of the molecule is Cc1ccccc1-n1c(C)c(C(=O)OC(C)C)c2cc(OC[C@H](O)CNc3ccccc3)ccc21. The molecule has 0 aliphatic heterocycles. The molecule has 4 rings (SSSR count). The topological polar surface area (TPSA) is 72.7 Å². The summed E-state index contributed by atoms with van der Waals surface area (Å²) in [6.07, 6.45) is -0.931. The zero-order valence-electron chi connectivity index (χ0n) is 20.6. The number of ether oxygens (including phenoxy) is 2. The van der Waals surface area contributed by atoms with Crippen molar-refractivity contribution in [2.45, 2.75) is 39.9 Å². The summed E-state index contributed by atoms with van der Waals surface area (Å²) in [5.74, 6) is 0.218. The van der Waals surface area contributed by atoms with Gasteiger partial charge in [0.05, 0.1) is 17.2 Å². The van der Waals surface area contributed by atoms with Crippen LogP contribution >= 0.6 is 0 Å². The number of benzene rings is 3. The summed E-state index contributed by atoms with van der Waals surface area (Å²) in [7, 11) is 0. The summed E-state index contributed by atoms with van der Waals surface area (Å²) in [4.78, 5) is 13.1. The number of nitrogens with one attached hydrogen (secondary N) is 1. The summed E-state index contributed by atoms with van der Waals surface area (Å²) in [5.41, 5.74) is 5.28. The van der Waals surface area contributed by atoms with Crippen LogP contribution in [0.15, 0.2) is 72.8 Å². The van der Waals surface area contributed by atoms with Gasteiger partial charge in [0.15, 0.2) is 0 Å². The molecule has 3 aromatic carbocycles. The lowest BCUT2D eigenvalue weighted by atomic mass is 10.1. The number of hydrogen-bond donors (Lipinski definition) is 2. The number of rotatable bonds is 9. The molecule has 35 heavy (non-hydrogen) atoms. The largest absolute Gasteiger partial charge is 0.491 e. The van der Waals surface area contributed by atoms with Crippen molar-refractivity contribution in [2.75, 3.05) is 18.5 Å². The molecule has 0 saturated heterocycles. The number of esters is 1. The Bertz CT molecular complexity index is 1310. The molecule has 0 bridgehead atoms. The first kappa shape index (κ1) is 24.4. The lowest BCUT2D eigenvalue weighted by Crippen LogP contribution is -2.26. The molecular formula is C29H32N2O4. The molecule has 1 heterocycles. The Morgan fingerprint density at radius 3 is 2.43 bits per heavy atom. The molecular weight excluding hydrogens is 440 g/mol. The van der Waals surface area contributed by atoms with E-state index in [-0.39, 0.29) is 18.7 Å². The van der Waals surface area contributed by atoms with Gasteiger partial charge in [-0.15, -0.1) is 0 Å². The molecule has 6 nitrogen and oxygen atoms in total. The molecule has 0 spiro atoms. The number of hydrogen-bond acceptors (Lipinski definition) is 5. The fourth-order valence-electron chi connectivity index (χ4n) is 4.19. The van der Waals surface area contributed by atoms with Crippen LogP contribution in [0.1, 0.15) is 35.5 Å². The number of aliphatic hydroxyl groups is 1. The van der Waals surface area contributed by atoms with E-state index >= 15 is 0 Å². The zero-order chi connectivity index (χ0) is 24.9. The maximum absolute atomic E-state index is 13.1. The van der Waals surface area contributed by atoms with Crippen LogP contribution in [0.3, 0.4) is 0 Å². The van der Waals surface area contributed by atoms with Crippen LogP contribution in [0, 0.1) is 13.8 Å². The predicted molar refractivity (Wildman–Crippen MR) is 140 cm³/mol. The van der Waals surface area contributed by atoms with Gasteiger partial charge in [-0.2, -0.15) is 0 Å². The Labute approximate surface area is 206 Å². The number of carbonyl (C=O) groups excluding carboxylic acids is 1. The highest BCUT2D eigenvalue weighted by atomic mass is 16.5. The van der Waals surface area contributed by atoms with Crippen molar-refractivity contribution >= 4 is 22.6 Å². The number of para-hydroxylation sites is 2. The van der Waals surface area contributed by atoms with E-state index in [1.807, 2.05) is 87.5 Å². The van der Waals surface area contributed by atoms with E-state index in [4.69, 9.17) is 9.47 Å². The van der Waals surface area contributed by atoms with E-state index < -0.39 is 6.10 Å². The van der Waals surface area contributed by atoms with Crippen molar-refractivity contribution in [3.8, 4) is 11.4 Å². The summed E-state index contributed by atoms with van der Waals surface area (Å²) in [6.45, 7) is 8.15. The number of nitrogens with zero attached hydrogens (tertiary/aromatic N) is 1. The summed E-state index contributed by atoms with van der Waals surface area (Å²) < 4.78 is 13.6. The van der Waals surface area contributed by atoms with Crippen LogP contribution in [0.2, 0.25) is 0 Å². The van der Waals surface area contributed by atoms with Gasteiger partial charge in [0.2, 0.25) is 0 Å². The molecule has 1 aromatic heterocycles. The molecule has 1 atom stereocenters. The van der Waals surface area contributed by atoms with Crippen LogP contribution in [-0.4, -0.2) is 41.0 Å². The average Bonchev–Trinajstić information content (AvgIpc) is 3.13. The molecule has 0 amide bonds. The molecule has 4 aromatic rings. The standard InChI is InChI=1S/C29H32N2O4/c1-19(2)35-29(33)28-21(4)31(26-13-9-8-10-20(26)3)27-15-14-24(16-25(27)28)34-18-23(32)17-30-22-11-6-5-7-12-22/h5-16,19,23,30,32H,17-18H2,1-4H3/t23-/m1/s1. The third-order valence-corrected chi connectivity index (χ3v) is 5.84. The molecule has 0 unspecified atom stereocenters.